The highest BCUT2D eigenvalue weighted by Gasteiger charge is 2.26. The lowest BCUT2D eigenvalue weighted by atomic mass is 9.80. The van der Waals surface area contributed by atoms with Crippen LogP contribution >= 0.6 is 0 Å². The van der Waals surface area contributed by atoms with Crippen LogP contribution in [0.25, 0.3) is 0 Å². The molecule has 0 spiro atoms. The molecule has 1 aromatic carbocycles. The third-order valence-corrected chi connectivity index (χ3v) is 2.87. The van der Waals surface area contributed by atoms with Crippen LogP contribution in [0.1, 0.15) is 37.8 Å². The maximum atomic E-state index is 11.7. The standard InChI is InChI=1S/C14H21NO2/c1-14(2,3)12-8-6-5-7-10(12)11(9-15)13(16)17-4/h5-8,11H,9,15H2,1-4H3. The topological polar surface area (TPSA) is 52.3 Å². The fourth-order valence-electron chi connectivity index (χ4n) is 1.98. The van der Waals surface area contributed by atoms with Crippen molar-refractivity contribution in [2.24, 2.45) is 5.73 Å². The summed E-state index contributed by atoms with van der Waals surface area (Å²) in [4.78, 5) is 11.7. The van der Waals surface area contributed by atoms with E-state index in [1.54, 1.807) is 0 Å². The zero-order chi connectivity index (χ0) is 13.1. The van der Waals surface area contributed by atoms with E-state index in [0.717, 1.165) is 11.1 Å². The molecule has 0 aliphatic heterocycles. The predicted octanol–water partition coefficient (Wildman–Crippen LogP) is 2.20. The molecule has 3 nitrogen and oxygen atoms in total. The van der Waals surface area contributed by atoms with Crippen molar-refractivity contribution in [2.45, 2.75) is 32.1 Å². The first-order valence-corrected chi connectivity index (χ1v) is 5.79. The fourth-order valence-corrected chi connectivity index (χ4v) is 1.98. The molecule has 0 heterocycles. The summed E-state index contributed by atoms with van der Waals surface area (Å²) in [6, 6.07) is 7.90. The van der Waals surface area contributed by atoms with Gasteiger partial charge < -0.3 is 10.5 Å². The van der Waals surface area contributed by atoms with Crippen molar-refractivity contribution in [3.63, 3.8) is 0 Å². The number of ether oxygens (including phenoxy) is 1. The highest BCUT2D eigenvalue weighted by Crippen LogP contribution is 2.30. The zero-order valence-corrected chi connectivity index (χ0v) is 11.0. The van der Waals surface area contributed by atoms with Crippen molar-refractivity contribution in [1.82, 2.24) is 0 Å². The lowest BCUT2D eigenvalue weighted by Crippen LogP contribution is -2.26. The monoisotopic (exact) mass is 235 g/mol. The van der Waals surface area contributed by atoms with E-state index in [2.05, 4.69) is 20.8 Å². The Morgan fingerprint density at radius 2 is 1.94 bits per heavy atom. The van der Waals surface area contributed by atoms with Gasteiger partial charge in [0.1, 0.15) is 0 Å². The zero-order valence-electron chi connectivity index (χ0n) is 11.0. The lowest BCUT2D eigenvalue weighted by Gasteiger charge is -2.25. The number of esters is 1. The summed E-state index contributed by atoms with van der Waals surface area (Å²) in [7, 11) is 1.39. The van der Waals surface area contributed by atoms with Crippen molar-refractivity contribution < 1.29 is 9.53 Å². The molecule has 94 valence electrons. The number of hydrogen-bond donors (Lipinski definition) is 1. The van der Waals surface area contributed by atoms with Crippen LogP contribution < -0.4 is 5.73 Å². The smallest absolute Gasteiger partial charge is 0.314 e. The number of hydrogen-bond acceptors (Lipinski definition) is 3. The van der Waals surface area contributed by atoms with E-state index < -0.39 is 0 Å². The summed E-state index contributed by atoms with van der Waals surface area (Å²) in [5, 5.41) is 0. The number of methoxy groups -OCH3 is 1. The Kier molecular flexibility index (Phi) is 4.29. The van der Waals surface area contributed by atoms with E-state index in [0.29, 0.717) is 0 Å². The van der Waals surface area contributed by atoms with E-state index in [1.165, 1.54) is 7.11 Å². The van der Waals surface area contributed by atoms with Crippen LogP contribution in [0.5, 0.6) is 0 Å². The number of carbonyl (C=O) groups is 1. The maximum Gasteiger partial charge on any atom is 0.314 e. The fraction of sp³-hybridized carbons (Fsp3) is 0.500. The average Bonchev–Trinajstić information content (AvgIpc) is 2.29. The first-order chi connectivity index (χ1) is 7.91. The molecule has 0 fully saturated rings. The molecule has 0 bridgehead atoms. The summed E-state index contributed by atoms with van der Waals surface area (Å²) < 4.78 is 4.81. The minimum atomic E-state index is -0.379. The Morgan fingerprint density at radius 1 is 1.35 bits per heavy atom. The van der Waals surface area contributed by atoms with Crippen LogP contribution in [0.3, 0.4) is 0 Å². The van der Waals surface area contributed by atoms with Gasteiger partial charge >= 0.3 is 5.97 Å². The molecule has 1 aromatic rings. The van der Waals surface area contributed by atoms with Crippen LogP contribution in [0.4, 0.5) is 0 Å². The van der Waals surface area contributed by atoms with Gasteiger partial charge in [-0.25, -0.2) is 0 Å². The number of carbonyl (C=O) groups excluding carboxylic acids is 1. The van der Waals surface area contributed by atoms with Gasteiger partial charge in [-0.05, 0) is 16.5 Å². The van der Waals surface area contributed by atoms with Crippen LogP contribution in [0.2, 0.25) is 0 Å². The average molecular weight is 235 g/mol. The van der Waals surface area contributed by atoms with E-state index in [1.807, 2.05) is 24.3 Å². The summed E-state index contributed by atoms with van der Waals surface area (Å²) in [5.74, 6) is -0.653. The van der Waals surface area contributed by atoms with E-state index in [4.69, 9.17) is 10.5 Å². The summed E-state index contributed by atoms with van der Waals surface area (Å²) in [6.07, 6.45) is 0. The number of nitrogens with two attached hydrogens (primary N) is 1. The van der Waals surface area contributed by atoms with Gasteiger partial charge in [0.15, 0.2) is 0 Å². The molecule has 0 saturated carbocycles. The molecule has 3 heteroatoms. The van der Waals surface area contributed by atoms with E-state index in [-0.39, 0.29) is 23.8 Å². The summed E-state index contributed by atoms with van der Waals surface area (Å²) in [6.45, 7) is 6.63. The van der Waals surface area contributed by atoms with Gasteiger partial charge in [-0.3, -0.25) is 4.79 Å². The Morgan fingerprint density at radius 3 is 2.41 bits per heavy atom. The van der Waals surface area contributed by atoms with Gasteiger partial charge in [0.25, 0.3) is 0 Å². The van der Waals surface area contributed by atoms with Gasteiger partial charge in [0, 0.05) is 6.54 Å². The largest absolute Gasteiger partial charge is 0.469 e. The quantitative estimate of drug-likeness (QED) is 0.817. The van der Waals surface area contributed by atoms with Crippen LogP contribution in [0, 0.1) is 0 Å². The van der Waals surface area contributed by atoms with E-state index in [9.17, 15) is 4.79 Å². The molecule has 0 aliphatic carbocycles. The molecule has 1 rings (SSSR count). The molecule has 2 N–H and O–H groups in total. The number of rotatable bonds is 3. The predicted molar refractivity (Wildman–Crippen MR) is 69.0 cm³/mol. The molecule has 0 radical (unpaired) electrons. The Balaban J connectivity index is 3.25. The minimum Gasteiger partial charge on any atom is -0.469 e. The normalized spacial score (nSPS) is 13.2. The third-order valence-electron chi connectivity index (χ3n) is 2.87. The molecule has 1 unspecified atom stereocenters. The van der Waals surface area contributed by atoms with E-state index >= 15 is 0 Å². The second-order valence-corrected chi connectivity index (χ2v) is 5.15. The van der Waals surface area contributed by atoms with Crippen LogP contribution in [-0.4, -0.2) is 19.6 Å². The van der Waals surface area contributed by atoms with Crippen LogP contribution in [-0.2, 0) is 14.9 Å². The highest BCUT2D eigenvalue weighted by molar-refractivity contribution is 5.79. The molecule has 0 amide bonds. The minimum absolute atomic E-state index is 0.0158. The molecule has 0 saturated heterocycles. The molecular formula is C14H21NO2. The second-order valence-electron chi connectivity index (χ2n) is 5.15. The summed E-state index contributed by atoms with van der Waals surface area (Å²) >= 11 is 0. The van der Waals surface area contributed by atoms with Crippen molar-refractivity contribution in [2.75, 3.05) is 13.7 Å². The molecule has 0 aromatic heterocycles. The van der Waals surface area contributed by atoms with Gasteiger partial charge in [0.05, 0.1) is 13.0 Å². The molecule has 1 atom stereocenters. The van der Waals surface area contributed by atoms with Gasteiger partial charge in [-0.1, -0.05) is 45.0 Å². The molecule has 17 heavy (non-hydrogen) atoms. The van der Waals surface area contributed by atoms with Gasteiger partial charge in [-0.2, -0.15) is 0 Å². The van der Waals surface area contributed by atoms with Crippen molar-refractivity contribution in [3.05, 3.63) is 35.4 Å². The molecule has 0 aliphatic rings. The maximum absolute atomic E-state index is 11.7. The Labute approximate surface area is 103 Å². The van der Waals surface area contributed by atoms with Gasteiger partial charge in [-0.15, -0.1) is 0 Å². The van der Waals surface area contributed by atoms with Crippen molar-refractivity contribution in [3.8, 4) is 0 Å². The number of benzene rings is 1. The van der Waals surface area contributed by atoms with Crippen LogP contribution in [0.15, 0.2) is 24.3 Å². The molecular weight excluding hydrogens is 214 g/mol. The lowest BCUT2D eigenvalue weighted by molar-refractivity contribution is -0.142. The Hall–Kier alpha value is -1.35. The Bertz CT molecular complexity index is 393. The summed E-state index contributed by atoms with van der Waals surface area (Å²) in [5.41, 5.74) is 7.78. The van der Waals surface area contributed by atoms with Gasteiger partial charge in [0.2, 0.25) is 0 Å². The van der Waals surface area contributed by atoms with Crippen molar-refractivity contribution in [1.29, 1.82) is 0 Å². The first-order valence-electron chi connectivity index (χ1n) is 5.79. The second kappa shape index (κ2) is 5.32. The van der Waals surface area contributed by atoms with Crippen molar-refractivity contribution >= 4 is 5.97 Å². The SMILES string of the molecule is COC(=O)C(CN)c1ccccc1C(C)(C)C. The third kappa shape index (κ3) is 3.07. The highest BCUT2D eigenvalue weighted by atomic mass is 16.5. The first kappa shape index (κ1) is 13.7.